The predicted octanol–water partition coefficient (Wildman–Crippen LogP) is 3.16. The van der Waals surface area contributed by atoms with Crippen LogP contribution >= 0.6 is 0 Å². The Morgan fingerprint density at radius 1 is 1.28 bits per heavy atom. The molecule has 2 unspecified atom stereocenters. The van der Waals surface area contributed by atoms with Crippen LogP contribution in [0, 0.1) is 22.7 Å². The molecule has 0 aromatic rings. The Morgan fingerprint density at radius 2 is 1.94 bits per heavy atom. The molecule has 2 aliphatic rings. The number of carbonyl (C=O) groups is 1. The number of nitrogens with one attached hydrogen (secondary N) is 1. The number of amides is 1. The highest BCUT2D eigenvalue weighted by atomic mass is 16.2. The Balaban J connectivity index is 1.99. The Kier molecular flexibility index (Phi) is 4.27. The third kappa shape index (κ3) is 2.53. The normalized spacial score (nSPS) is 30.7. The van der Waals surface area contributed by atoms with Gasteiger partial charge in [-0.2, -0.15) is 5.26 Å². The molecule has 0 radical (unpaired) electrons. The van der Waals surface area contributed by atoms with Gasteiger partial charge < -0.3 is 5.32 Å². The first kappa shape index (κ1) is 13.4. The van der Waals surface area contributed by atoms with Crippen LogP contribution in [0.1, 0.15) is 64.7 Å². The Bertz CT molecular complexity index is 339. The van der Waals surface area contributed by atoms with E-state index in [9.17, 15) is 10.1 Å². The molecule has 100 valence electrons. The van der Waals surface area contributed by atoms with E-state index < -0.39 is 5.41 Å². The summed E-state index contributed by atoms with van der Waals surface area (Å²) in [5.41, 5.74) is -0.713. The molecule has 2 saturated carbocycles. The van der Waals surface area contributed by atoms with E-state index in [1.54, 1.807) is 0 Å². The fourth-order valence-electron chi connectivity index (χ4n) is 3.56. The summed E-state index contributed by atoms with van der Waals surface area (Å²) in [4.78, 5) is 12.4. The molecule has 0 spiro atoms. The van der Waals surface area contributed by atoms with Crippen LogP contribution in [-0.4, -0.2) is 11.9 Å². The van der Waals surface area contributed by atoms with Crippen LogP contribution in [0.5, 0.6) is 0 Å². The Labute approximate surface area is 110 Å². The van der Waals surface area contributed by atoms with Crippen LogP contribution in [0.15, 0.2) is 0 Å². The molecule has 1 amide bonds. The molecule has 2 atom stereocenters. The molecule has 3 heteroatoms. The zero-order valence-electron chi connectivity index (χ0n) is 11.4. The van der Waals surface area contributed by atoms with Crippen LogP contribution < -0.4 is 5.32 Å². The monoisotopic (exact) mass is 248 g/mol. The molecule has 2 aliphatic carbocycles. The largest absolute Gasteiger partial charge is 0.352 e. The van der Waals surface area contributed by atoms with Gasteiger partial charge in [0.05, 0.1) is 6.07 Å². The minimum Gasteiger partial charge on any atom is -0.352 e. The van der Waals surface area contributed by atoms with E-state index in [1.165, 1.54) is 19.3 Å². The zero-order chi connectivity index (χ0) is 13.0. The van der Waals surface area contributed by atoms with E-state index in [0.717, 1.165) is 38.5 Å². The lowest BCUT2D eigenvalue weighted by molar-refractivity contribution is -0.129. The molecule has 0 aromatic carbocycles. The molecule has 0 saturated heterocycles. The number of hydrogen-bond acceptors (Lipinski definition) is 2. The molecule has 0 aliphatic heterocycles. The number of hydrogen-bond donors (Lipinski definition) is 1. The van der Waals surface area contributed by atoms with Gasteiger partial charge in [-0.15, -0.1) is 0 Å². The first-order valence-electron chi connectivity index (χ1n) is 7.44. The van der Waals surface area contributed by atoms with Gasteiger partial charge in [-0.05, 0) is 31.6 Å². The predicted molar refractivity (Wildman–Crippen MR) is 70.7 cm³/mol. The molecule has 1 N–H and O–H groups in total. The molecule has 0 bridgehead atoms. The van der Waals surface area contributed by atoms with E-state index in [0.29, 0.717) is 12.0 Å². The molecule has 2 fully saturated rings. The summed E-state index contributed by atoms with van der Waals surface area (Å²) >= 11 is 0. The topological polar surface area (TPSA) is 52.9 Å². The molecular formula is C15H24N2O. The summed E-state index contributed by atoms with van der Waals surface area (Å²) in [6, 6.07) is 2.60. The van der Waals surface area contributed by atoms with Crippen molar-refractivity contribution in [1.82, 2.24) is 5.32 Å². The van der Waals surface area contributed by atoms with Gasteiger partial charge in [-0.3, -0.25) is 4.79 Å². The highest BCUT2D eigenvalue weighted by molar-refractivity contribution is 5.86. The van der Waals surface area contributed by atoms with Crippen molar-refractivity contribution in [3.05, 3.63) is 0 Å². The van der Waals surface area contributed by atoms with Gasteiger partial charge in [0.1, 0.15) is 5.41 Å². The standard InChI is InChI=1S/C15H24N2O/c1-2-12-7-3-4-8-13(12)17-14(18)15(11-16)9-5-6-10-15/h12-13H,2-10H2,1H3,(H,17,18). The lowest BCUT2D eigenvalue weighted by atomic mass is 9.81. The fraction of sp³-hybridized carbons (Fsp3) is 0.867. The summed E-state index contributed by atoms with van der Waals surface area (Å²) in [6.45, 7) is 2.20. The van der Waals surface area contributed by atoms with E-state index in [4.69, 9.17) is 0 Å². The SMILES string of the molecule is CCC1CCCCC1NC(=O)C1(C#N)CCCC1. The third-order valence-corrected chi connectivity index (χ3v) is 4.86. The molecule has 18 heavy (non-hydrogen) atoms. The maximum absolute atomic E-state index is 12.4. The number of nitrogens with zero attached hydrogens (tertiary/aromatic N) is 1. The van der Waals surface area contributed by atoms with Crippen molar-refractivity contribution in [2.45, 2.75) is 70.8 Å². The van der Waals surface area contributed by atoms with Crippen LogP contribution in [-0.2, 0) is 4.79 Å². The maximum atomic E-state index is 12.4. The van der Waals surface area contributed by atoms with Crippen LogP contribution in [0.3, 0.4) is 0 Å². The van der Waals surface area contributed by atoms with Gasteiger partial charge in [0.2, 0.25) is 5.91 Å². The number of carbonyl (C=O) groups excluding carboxylic acids is 1. The first-order chi connectivity index (χ1) is 8.72. The Hall–Kier alpha value is -1.04. The zero-order valence-corrected chi connectivity index (χ0v) is 11.4. The van der Waals surface area contributed by atoms with E-state index in [2.05, 4.69) is 18.3 Å². The van der Waals surface area contributed by atoms with Gasteiger partial charge >= 0.3 is 0 Å². The van der Waals surface area contributed by atoms with Gasteiger partial charge in [0.25, 0.3) is 0 Å². The van der Waals surface area contributed by atoms with Gasteiger partial charge in [0, 0.05) is 6.04 Å². The average molecular weight is 248 g/mol. The van der Waals surface area contributed by atoms with Crippen LogP contribution in [0.2, 0.25) is 0 Å². The second-order valence-electron chi connectivity index (χ2n) is 5.93. The summed E-state index contributed by atoms with van der Waals surface area (Å²) in [5, 5.41) is 12.5. The van der Waals surface area contributed by atoms with Crippen molar-refractivity contribution in [2.24, 2.45) is 11.3 Å². The summed E-state index contributed by atoms with van der Waals surface area (Å²) in [7, 11) is 0. The van der Waals surface area contributed by atoms with Crippen LogP contribution in [0.25, 0.3) is 0 Å². The quantitative estimate of drug-likeness (QED) is 0.834. The second-order valence-corrected chi connectivity index (χ2v) is 5.93. The van der Waals surface area contributed by atoms with Crippen molar-refractivity contribution in [3.8, 4) is 6.07 Å². The second kappa shape index (κ2) is 5.73. The minimum atomic E-state index is -0.713. The Morgan fingerprint density at radius 3 is 2.56 bits per heavy atom. The van der Waals surface area contributed by atoms with Gasteiger partial charge in [-0.25, -0.2) is 0 Å². The van der Waals surface area contributed by atoms with Crippen molar-refractivity contribution in [1.29, 1.82) is 5.26 Å². The number of rotatable bonds is 3. The molecule has 3 nitrogen and oxygen atoms in total. The summed E-state index contributed by atoms with van der Waals surface area (Å²) < 4.78 is 0. The van der Waals surface area contributed by atoms with E-state index >= 15 is 0 Å². The van der Waals surface area contributed by atoms with E-state index in [1.807, 2.05) is 0 Å². The average Bonchev–Trinajstić information content (AvgIpc) is 2.89. The number of nitriles is 1. The minimum absolute atomic E-state index is 0.00727. The molecule has 0 aromatic heterocycles. The molecule has 2 rings (SSSR count). The highest BCUT2D eigenvalue weighted by Gasteiger charge is 2.42. The van der Waals surface area contributed by atoms with Crippen molar-refractivity contribution in [2.75, 3.05) is 0 Å². The molecule has 0 heterocycles. The first-order valence-corrected chi connectivity index (χ1v) is 7.44. The molecular weight excluding hydrogens is 224 g/mol. The van der Waals surface area contributed by atoms with E-state index in [-0.39, 0.29) is 5.91 Å². The van der Waals surface area contributed by atoms with Gasteiger partial charge in [-0.1, -0.05) is 39.0 Å². The smallest absolute Gasteiger partial charge is 0.240 e. The summed E-state index contributed by atoms with van der Waals surface area (Å²) in [5.74, 6) is 0.618. The lowest BCUT2D eigenvalue weighted by Gasteiger charge is -2.33. The third-order valence-electron chi connectivity index (χ3n) is 4.86. The maximum Gasteiger partial charge on any atom is 0.240 e. The van der Waals surface area contributed by atoms with Crippen LogP contribution in [0.4, 0.5) is 0 Å². The van der Waals surface area contributed by atoms with Crippen molar-refractivity contribution < 1.29 is 4.79 Å². The lowest BCUT2D eigenvalue weighted by Crippen LogP contribution is -2.47. The highest BCUT2D eigenvalue weighted by Crippen LogP contribution is 2.38. The van der Waals surface area contributed by atoms with Gasteiger partial charge in [0.15, 0.2) is 0 Å². The summed E-state index contributed by atoms with van der Waals surface area (Å²) in [6.07, 6.45) is 9.47. The van der Waals surface area contributed by atoms with Crippen molar-refractivity contribution in [3.63, 3.8) is 0 Å². The fourth-order valence-corrected chi connectivity index (χ4v) is 3.56. The van der Waals surface area contributed by atoms with Crippen molar-refractivity contribution >= 4 is 5.91 Å².